The van der Waals surface area contributed by atoms with E-state index in [2.05, 4.69) is 50.2 Å². The Morgan fingerprint density at radius 2 is 1.00 bits per heavy atom. The third-order valence-electron chi connectivity index (χ3n) is 3.20. The molecular formula is C19H26. The molecular weight excluding hydrogens is 228 g/mol. The van der Waals surface area contributed by atoms with E-state index in [0.717, 1.165) is 6.42 Å². The molecule has 0 aliphatic heterocycles. The minimum absolute atomic E-state index is 1.10. The maximum Gasteiger partial charge on any atom is -0.00134 e. The molecule has 0 heterocycles. The number of benzene rings is 2. The molecule has 0 heteroatoms. The van der Waals surface area contributed by atoms with Crippen molar-refractivity contribution in [1.82, 2.24) is 0 Å². The highest BCUT2D eigenvalue weighted by atomic mass is 14.2. The number of hydrogen-bond donors (Lipinski definition) is 0. The van der Waals surface area contributed by atoms with Gasteiger partial charge in [-0.15, -0.1) is 0 Å². The Kier molecular flexibility index (Phi) is 5.82. The van der Waals surface area contributed by atoms with Crippen LogP contribution in [-0.2, 0) is 6.42 Å². The van der Waals surface area contributed by atoms with E-state index < -0.39 is 0 Å². The van der Waals surface area contributed by atoms with Crippen LogP contribution in [0.25, 0.3) is 11.1 Å². The summed E-state index contributed by atoms with van der Waals surface area (Å²) in [6.45, 7) is 12.3. The minimum Gasteiger partial charge on any atom is -0.0683 e. The molecule has 0 fully saturated rings. The van der Waals surface area contributed by atoms with Gasteiger partial charge in [0.05, 0.1) is 0 Å². The summed E-state index contributed by atoms with van der Waals surface area (Å²) < 4.78 is 0. The van der Waals surface area contributed by atoms with Crippen molar-refractivity contribution in [3.63, 3.8) is 0 Å². The van der Waals surface area contributed by atoms with Crippen LogP contribution in [0.2, 0.25) is 0 Å². The Morgan fingerprint density at radius 3 is 1.37 bits per heavy atom. The van der Waals surface area contributed by atoms with Gasteiger partial charge in [0.1, 0.15) is 0 Å². The first-order chi connectivity index (χ1) is 9.24. The molecule has 0 aromatic heterocycles. The van der Waals surface area contributed by atoms with E-state index >= 15 is 0 Å². The molecule has 0 nitrogen and oxygen atoms in total. The Labute approximate surface area is 118 Å². The van der Waals surface area contributed by atoms with Gasteiger partial charge in [0.25, 0.3) is 0 Å². The fraction of sp³-hybridized carbons (Fsp3) is 0.368. The van der Waals surface area contributed by atoms with Crippen LogP contribution in [0.15, 0.2) is 36.4 Å². The highest BCUT2D eigenvalue weighted by molar-refractivity contribution is 5.77. The summed E-state index contributed by atoms with van der Waals surface area (Å²) in [5, 5.41) is 0. The van der Waals surface area contributed by atoms with Gasteiger partial charge in [-0.1, -0.05) is 75.2 Å². The molecule has 1 aliphatic carbocycles. The van der Waals surface area contributed by atoms with Gasteiger partial charge < -0.3 is 0 Å². The predicted molar refractivity (Wildman–Crippen MR) is 86.9 cm³/mol. The van der Waals surface area contributed by atoms with Crippen LogP contribution >= 0.6 is 0 Å². The van der Waals surface area contributed by atoms with Gasteiger partial charge in [-0.25, -0.2) is 0 Å². The Morgan fingerprint density at radius 1 is 0.632 bits per heavy atom. The zero-order valence-corrected chi connectivity index (χ0v) is 13.2. The number of fused-ring (bicyclic) bond motifs is 3. The second-order valence-corrected chi connectivity index (χ2v) is 4.50. The summed E-state index contributed by atoms with van der Waals surface area (Å²) >= 11 is 0. The Hall–Kier alpha value is -1.56. The van der Waals surface area contributed by atoms with E-state index in [-0.39, 0.29) is 0 Å². The molecule has 2 aromatic carbocycles. The number of hydrogen-bond acceptors (Lipinski definition) is 0. The van der Waals surface area contributed by atoms with Gasteiger partial charge in [-0.2, -0.15) is 0 Å². The maximum absolute atomic E-state index is 2.31. The van der Waals surface area contributed by atoms with E-state index in [1.54, 1.807) is 0 Å². The van der Waals surface area contributed by atoms with Crippen molar-refractivity contribution in [2.75, 3.05) is 0 Å². The quantitative estimate of drug-likeness (QED) is 0.466. The molecule has 0 N–H and O–H groups in total. The van der Waals surface area contributed by atoms with Crippen LogP contribution in [0.3, 0.4) is 0 Å². The van der Waals surface area contributed by atoms with E-state index in [4.69, 9.17) is 0 Å². The van der Waals surface area contributed by atoms with Crippen LogP contribution in [0.4, 0.5) is 0 Å². The first-order valence-corrected chi connectivity index (χ1v) is 7.43. The maximum atomic E-state index is 2.31. The zero-order chi connectivity index (χ0) is 14.4. The molecule has 0 unspecified atom stereocenters. The largest absolute Gasteiger partial charge is 0.0683 e. The van der Waals surface area contributed by atoms with Crippen molar-refractivity contribution >= 4 is 0 Å². The van der Waals surface area contributed by atoms with Gasteiger partial charge in [0, 0.05) is 0 Å². The molecule has 1 aliphatic rings. The monoisotopic (exact) mass is 254 g/mol. The van der Waals surface area contributed by atoms with Gasteiger partial charge in [0.2, 0.25) is 0 Å². The molecule has 0 atom stereocenters. The standard InChI is InChI=1S/C15H14.2C2H6/c1-10-3-5-12-9-13-6-4-11(2)8-15(13)14(12)7-10;2*1-2/h3-8H,9H2,1-2H3;2*1-2H3. The molecule has 3 rings (SSSR count). The lowest BCUT2D eigenvalue weighted by Gasteiger charge is -2.03. The van der Waals surface area contributed by atoms with Crippen LogP contribution in [-0.4, -0.2) is 0 Å². The van der Waals surface area contributed by atoms with Crippen LogP contribution in [0.5, 0.6) is 0 Å². The second-order valence-electron chi connectivity index (χ2n) is 4.50. The SMILES string of the molecule is CC.CC.Cc1ccc2c(c1)-c1cc(C)ccc1C2. The average Bonchev–Trinajstić information content (AvgIpc) is 2.81. The molecule has 0 bridgehead atoms. The minimum atomic E-state index is 1.10. The van der Waals surface area contributed by atoms with Crippen LogP contribution in [0.1, 0.15) is 49.9 Å². The van der Waals surface area contributed by atoms with E-state index in [1.807, 2.05) is 27.7 Å². The molecule has 2 aromatic rings. The summed E-state index contributed by atoms with van der Waals surface area (Å²) in [6.07, 6.45) is 1.10. The normalized spacial score (nSPS) is 10.4. The fourth-order valence-corrected chi connectivity index (χ4v) is 2.40. The van der Waals surface area contributed by atoms with Crippen LogP contribution < -0.4 is 0 Å². The summed E-state index contributed by atoms with van der Waals surface area (Å²) in [5.74, 6) is 0. The molecule has 0 saturated carbocycles. The third kappa shape index (κ3) is 3.26. The molecule has 0 radical (unpaired) electrons. The van der Waals surface area contributed by atoms with Crippen molar-refractivity contribution in [2.24, 2.45) is 0 Å². The molecule has 19 heavy (non-hydrogen) atoms. The molecule has 0 saturated heterocycles. The zero-order valence-electron chi connectivity index (χ0n) is 13.2. The van der Waals surface area contributed by atoms with Crippen molar-refractivity contribution < 1.29 is 0 Å². The first-order valence-electron chi connectivity index (χ1n) is 7.43. The molecule has 0 spiro atoms. The third-order valence-corrected chi connectivity index (χ3v) is 3.20. The van der Waals surface area contributed by atoms with Crippen LogP contribution in [0, 0.1) is 13.8 Å². The first kappa shape index (κ1) is 15.5. The van der Waals surface area contributed by atoms with Gasteiger partial charge in [-0.05, 0) is 42.5 Å². The Balaban J connectivity index is 0.000000415. The van der Waals surface area contributed by atoms with Crippen molar-refractivity contribution in [3.8, 4) is 11.1 Å². The molecule has 0 amide bonds. The highest BCUT2D eigenvalue weighted by Crippen LogP contribution is 2.37. The topological polar surface area (TPSA) is 0 Å². The Bertz CT molecular complexity index is 486. The fourth-order valence-electron chi connectivity index (χ4n) is 2.40. The van der Waals surface area contributed by atoms with Gasteiger partial charge in [0.15, 0.2) is 0 Å². The summed E-state index contributed by atoms with van der Waals surface area (Å²) in [7, 11) is 0. The lowest BCUT2D eigenvalue weighted by atomic mass is 10.0. The highest BCUT2D eigenvalue weighted by Gasteiger charge is 2.17. The average molecular weight is 254 g/mol. The summed E-state index contributed by atoms with van der Waals surface area (Å²) in [5.41, 5.74) is 8.52. The number of rotatable bonds is 0. The smallest absolute Gasteiger partial charge is 0.00134 e. The van der Waals surface area contributed by atoms with Crippen molar-refractivity contribution in [2.45, 2.75) is 48.0 Å². The van der Waals surface area contributed by atoms with E-state index in [9.17, 15) is 0 Å². The summed E-state index contributed by atoms with van der Waals surface area (Å²) in [4.78, 5) is 0. The van der Waals surface area contributed by atoms with Gasteiger partial charge in [-0.3, -0.25) is 0 Å². The molecule has 102 valence electrons. The van der Waals surface area contributed by atoms with Crippen molar-refractivity contribution in [3.05, 3.63) is 58.7 Å². The van der Waals surface area contributed by atoms with E-state index in [0.29, 0.717) is 0 Å². The lowest BCUT2D eigenvalue weighted by molar-refractivity contribution is 1.25. The summed E-state index contributed by atoms with van der Waals surface area (Å²) in [6, 6.07) is 13.6. The lowest BCUT2D eigenvalue weighted by Crippen LogP contribution is -1.80. The second kappa shape index (κ2) is 7.13. The van der Waals surface area contributed by atoms with E-state index in [1.165, 1.54) is 33.4 Å². The van der Waals surface area contributed by atoms with Crippen molar-refractivity contribution in [1.29, 1.82) is 0 Å². The number of aryl methyl sites for hydroxylation is 2. The van der Waals surface area contributed by atoms with Gasteiger partial charge >= 0.3 is 0 Å². The predicted octanol–water partition coefficient (Wildman–Crippen LogP) is 5.93.